The average molecular weight is 228 g/mol. The van der Waals surface area contributed by atoms with Gasteiger partial charge in [0.05, 0.1) is 0 Å². The molecule has 0 atom stereocenters. The van der Waals surface area contributed by atoms with Gasteiger partial charge in [-0.2, -0.15) is 5.10 Å². The van der Waals surface area contributed by atoms with Crippen LogP contribution in [0.3, 0.4) is 0 Å². The Balaban J connectivity index is 2.46. The topological polar surface area (TPSA) is 85.8 Å². The highest BCUT2D eigenvalue weighted by Gasteiger charge is 2.17. The Morgan fingerprint density at radius 2 is 2.20 bits per heavy atom. The minimum Gasteiger partial charge on any atom is -0.476 e. The van der Waals surface area contributed by atoms with E-state index in [4.69, 9.17) is 16.7 Å². The molecule has 0 spiro atoms. The third-order valence-electron chi connectivity index (χ3n) is 1.68. The Morgan fingerprint density at radius 1 is 1.47 bits per heavy atom. The average Bonchev–Trinajstić information content (AvgIpc) is 2.71. The molecule has 7 nitrogen and oxygen atoms in total. The van der Waals surface area contributed by atoms with Gasteiger partial charge in [-0.1, -0.05) is 11.6 Å². The number of hydrogen-bond acceptors (Lipinski definition) is 4. The van der Waals surface area contributed by atoms with Crippen molar-refractivity contribution in [3.8, 4) is 5.82 Å². The molecule has 2 aromatic rings. The van der Waals surface area contributed by atoms with Crippen molar-refractivity contribution in [3.05, 3.63) is 23.1 Å². The maximum Gasteiger partial charge on any atom is 0.359 e. The van der Waals surface area contributed by atoms with E-state index >= 15 is 0 Å². The van der Waals surface area contributed by atoms with E-state index < -0.39 is 5.97 Å². The van der Waals surface area contributed by atoms with Gasteiger partial charge in [0.2, 0.25) is 5.69 Å². The standard InChI is InChI=1S/C7H6ClN5O2/c1-12-3-2-4(9-12)13-10-5(7(14)15)6(8)11-13/h2-3H,1H3,(H,14,15). The second kappa shape index (κ2) is 3.35. The lowest BCUT2D eigenvalue weighted by Gasteiger charge is -1.90. The number of rotatable bonds is 2. The lowest BCUT2D eigenvalue weighted by molar-refractivity contribution is 0.0690. The van der Waals surface area contributed by atoms with Gasteiger partial charge in [-0.05, 0) is 0 Å². The van der Waals surface area contributed by atoms with Crippen LogP contribution in [0.4, 0.5) is 0 Å². The summed E-state index contributed by atoms with van der Waals surface area (Å²) in [6.07, 6.45) is 1.69. The highest BCUT2D eigenvalue weighted by atomic mass is 35.5. The highest BCUT2D eigenvalue weighted by Crippen LogP contribution is 2.11. The summed E-state index contributed by atoms with van der Waals surface area (Å²) >= 11 is 5.59. The molecular weight excluding hydrogens is 222 g/mol. The molecule has 0 aromatic carbocycles. The van der Waals surface area contributed by atoms with Crippen molar-refractivity contribution in [2.24, 2.45) is 7.05 Å². The SMILES string of the molecule is Cn1ccc(-n2nc(Cl)c(C(=O)O)n2)n1. The number of nitrogens with zero attached hydrogens (tertiary/aromatic N) is 5. The predicted molar refractivity (Wildman–Crippen MR) is 50.1 cm³/mol. The molecule has 0 aliphatic rings. The summed E-state index contributed by atoms with van der Waals surface area (Å²) in [5.74, 6) is -0.811. The van der Waals surface area contributed by atoms with Crippen molar-refractivity contribution in [2.75, 3.05) is 0 Å². The number of carboxylic acid groups (broad SMARTS) is 1. The molecule has 8 heteroatoms. The maximum absolute atomic E-state index is 10.6. The van der Waals surface area contributed by atoms with Gasteiger partial charge in [-0.25, -0.2) is 4.79 Å². The zero-order valence-corrected chi connectivity index (χ0v) is 8.38. The number of aromatic carboxylic acids is 1. The first-order valence-corrected chi connectivity index (χ1v) is 4.32. The van der Waals surface area contributed by atoms with Crippen molar-refractivity contribution in [2.45, 2.75) is 0 Å². The normalized spacial score (nSPS) is 10.5. The minimum absolute atomic E-state index is 0.159. The number of aryl methyl sites for hydroxylation is 1. The van der Waals surface area contributed by atoms with Crippen molar-refractivity contribution >= 4 is 17.6 Å². The smallest absolute Gasteiger partial charge is 0.359 e. The quantitative estimate of drug-likeness (QED) is 0.800. The number of halogens is 1. The van der Waals surface area contributed by atoms with Crippen LogP contribution in [-0.2, 0) is 7.05 Å². The van der Waals surface area contributed by atoms with E-state index in [1.165, 1.54) is 0 Å². The third-order valence-corrected chi connectivity index (χ3v) is 1.93. The van der Waals surface area contributed by atoms with Gasteiger partial charge in [-0.3, -0.25) is 4.68 Å². The first kappa shape index (κ1) is 9.66. The Hall–Kier alpha value is -1.89. The van der Waals surface area contributed by atoms with Crippen LogP contribution in [0.25, 0.3) is 5.82 Å². The van der Waals surface area contributed by atoms with E-state index in [-0.39, 0.29) is 10.8 Å². The molecule has 0 unspecified atom stereocenters. The third kappa shape index (κ3) is 1.68. The van der Waals surface area contributed by atoms with Gasteiger partial charge >= 0.3 is 5.97 Å². The monoisotopic (exact) mass is 227 g/mol. The maximum atomic E-state index is 10.6. The number of carboxylic acids is 1. The first-order valence-electron chi connectivity index (χ1n) is 3.94. The Bertz CT molecular complexity index is 517. The van der Waals surface area contributed by atoms with E-state index in [0.717, 1.165) is 4.80 Å². The molecule has 2 aromatic heterocycles. The molecule has 0 aliphatic heterocycles. The summed E-state index contributed by atoms with van der Waals surface area (Å²) in [7, 11) is 1.73. The largest absolute Gasteiger partial charge is 0.476 e. The van der Waals surface area contributed by atoms with Gasteiger partial charge in [0.15, 0.2) is 11.0 Å². The molecule has 78 valence electrons. The summed E-state index contributed by atoms with van der Waals surface area (Å²) < 4.78 is 1.55. The predicted octanol–water partition coefficient (Wildman–Crippen LogP) is 0.352. The fourth-order valence-corrected chi connectivity index (χ4v) is 1.22. The Kier molecular flexibility index (Phi) is 2.16. The molecule has 2 heterocycles. The van der Waals surface area contributed by atoms with Crippen LogP contribution in [-0.4, -0.2) is 35.9 Å². The van der Waals surface area contributed by atoms with Crippen molar-refractivity contribution in [1.82, 2.24) is 24.8 Å². The fourth-order valence-electron chi connectivity index (χ4n) is 1.03. The van der Waals surface area contributed by atoms with Crippen molar-refractivity contribution < 1.29 is 9.90 Å². The summed E-state index contributed by atoms with van der Waals surface area (Å²) in [5.41, 5.74) is -0.290. The van der Waals surface area contributed by atoms with Gasteiger partial charge in [-0.15, -0.1) is 15.0 Å². The van der Waals surface area contributed by atoms with Crippen LogP contribution >= 0.6 is 11.6 Å². The van der Waals surface area contributed by atoms with E-state index in [1.807, 2.05) is 0 Å². The van der Waals surface area contributed by atoms with Crippen LogP contribution < -0.4 is 0 Å². The second-order valence-corrected chi connectivity index (χ2v) is 3.14. The van der Waals surface area contributed by atoms with Crippen molar-refractivity contribution in [3.63, 3.8) is 0 Å². The zero-order chi connectivity index (χ0) is 11.0. The highest BCUT2D eigenvalue weighted by molar-refractivity contribution is 6.31. The summed E-state index contributed by atoms with van der Waals surface area (Å²) in [6, 6.07) is 1.64. The molecule has 1 N–H and O–H groups in total. The van der Waals surface area contributed by atoms with Crippen LogP contribution in [0, 0.1) is 0 Å². The molecule has 0 saturated carbocycles. The fraction of sp³-hybridized carbons (Fsp3) is 0.143. The van der Waals surface area contributed by atoms with Gasteiger partial charge in [0.25, 0.3) is 0 Å². The Morgan fingerprint density at radius 3 is 2.67 bits per heavy atom. The van der Waals surface area contributed by atoms with Crippen molar-refractivity contribution in [1.29, 1.82) is 0 Å². The minimum atomic E-state index is -1.22. The molecular formula is C7H6ClN5O2. The molecule has 2 rings (SSSR count). The lowest BCUT2D eigenvalue weighted by atomic mass is 10.5. The van der Waals surface area contributed by atoms with Gasteiger partial charge in [0, 0.05) is 19.3 Å². The van der Waals surface area contributed by atoms with E-state index in [1.54, 1.807) is 24.0 Å². The van der Waals surface area contributed by atoms with Crippen LogP contribution in [0.15, 0.2) is 12.3 Å². The van der Waals surface area contributed by atoms with Crippen LogP contribution in [0.5, 0.6) is 0 Å². The molecule has 0 bridgehead atoms. The Labute approximate surface area is 88.9 Å². The molecule has 0 amide bonds. The number of aromatic nitrogens is 5. The number of carbonyl (C=O) groups is 1. The van der Waals surface area contributed by atoms with Crippen LogP contribution in [0.2, 0.25) is 5.15 Å². The summed E-state index contributed by atoms with van der Waals surface area (Å²) in [6.45, 7) is 0. The molecule has 0 fully saturated rings. The summed E-state index contributed by atoms with van der Waals surface area (Å²) in [4.78, 5) is 11.7. The molecule has 0 radical (unpaired) electrons. The lowest BCUT2D eigenvalue weighted by Crippen LogP contribution is -2.03. The molecule has 15 heavy (non-hydrogen) atoms. The van der Waals surface area contributed by atoms with E-state index in [0.29, 0.717) is 5.82 Å². The van der Waals surface area contributed by atoms with Crippen LogP contribution in [0.1, 0.15) is 10.5 Å². The summed E-state index contributed by atoms with van der Waals surface area (Å²) in [5, 5.41) is 20.0. The first-order chi connectivity index (χ1) is 7.08. The zero-order valence-electron chi connectivity index (χ0n) is 7.62. The van der Waals surface area contributed by atoms with Gasteiger partial charge < -0.3 is 5.11 Å². The van der Waals surface area contributed by atoms with Gasteiger partial charge in [0.1, 0.15) is 0 Å². The molecule has 0 aliphatic carbocycles. The molecule has 0 saturated heterocycles. The van der Waals surface area contributed by atoms with E-state index in [2.05, 4.69) is 15.3 Å². The second-order valence-electron chi connectivity index (χ2n) is 2.78. The van der Waals surface area contributed by atoms with E-state index in [9.17, 15) is 4.79 Å². The number of hydrogen-bond donors (Lipinski definition) is 1.